The Morgan fingerprint density at radius 1 is 1.28 bits per heavy atom. The summed E-state index contributed by atoms with van der Waals surface area (Å²) in [7, 11) is 2.60. The Labute approximate surface area is 235 Å². The van der Waals surface area contributed by atoms with Gasteiger partial charge in [-0.25, -0.2) is 4.79 Å². The Bertz CT molecular complexity index is 1250. The number of oxime groups is 1. The monoisotopic (exact) mass is 600 g/mol. The van der Waals surface area contributed by atoms with Gasteiger partial charge in [0.2, 0.25) is 6.41 Å². The summed E-state index contributed by atoms with van der Waals surface area (Å²) in [4.78, 5) is 57.9. The number of carbonyl (C=O) groups excluding carboxylic acids is 4. The lowest BCUT2D eigenvalue weighted by Crippen LogP contribution is -2.72. The first-order valence-electron chi connectivity index (χ1n) is 11.1. The number of ether oxygens (including phenoxy) is 2. The van der Waals surface area contributed by atoms with E-state index in [9.17, 15) is 23.6 Å². The number of benzene rings is 1. The summed E-state index contributed by atoms with van der Waals surface area (Å²) in [6, 6.07) is 5.68. The van der Waals surface area contributed by atoms with Crippen LogP contribution in [-0.4, -0.2) is 77.0 Å². The van der Waals surface area contributed by atoms with Crippen molar-refractivity contribution in [1.82, 2.24) is 25.4 Å². The first kappa shape index (κ1) is 28.5. The van der Waals surface area contributed by atoms with Gasteiger partial charge < -0.3 is 24.9 Å². The number of thioether (sulfide) groups is 1. The topological polar surface area (TPSA) is 151 Å². The molecule has 208 valence electrons. The molecule has 0 aliphatic carbocycles. The van der Waals surface area contributed by atoms with Crippen LogP contribution in [0.15, 0.2) is 51.9 Å². The Hall–Kier alpha value is -3.47. The number of nitrogens with zero attached hydrogens (tertiary/aromatic N) is 3. The molecule has 3 amide bonds. The second kappa shape index (κ2) is 12.6. The summed E-state index contributed by atoms with van der Waals surface area (Å²) in [6.07, 6.45) is 2.09. The molecular weight excluding hydrogens is 579 g/mol. The van der Waals surface area contributed by atoms with Gasteiger partial charge in [0.05, 0.1) is 13.3 Å². The largest absolute Gasteiger partial charge is 0.497 e. The number of esters is 1. The van der Waals surface area contributed by atoms with Crippen LogP contribution in [0.4, 0.5) is 4.39 Å². The average molecular weight is 601 g/mol. The molecule has 17 heteroatoms. The maximum Gasteiger partial charge on any atom is 0.355 e. The minimum absolute atomic E-state index is 0.0919. The van der Waals surface area contributed by atoms with Crippen molar-refractivity contribution in [2.75, 3.05) is 20.1 Å². The van der Waals surface area contributed by atoms with E-state index < -0.39 is 40.5 Å². The SMILES string of the molecule is CON=C(F)C(=O)N[C@@H]1C(=O)N2C(C(=O)OCc3ccc(OC)cc3)=C(CCl)C(N3C=C(NC=O)SN3)S[C@@H]12. The van der Waals surface area contributed by atoms with Crippen molar-refractivity contribution in [2.45, 2.75) is 23.4 Å². The van der Waals surface area contributed by atoms with Gasteiger partial charge in [0.1, 0.15) is 47.0 Å². The van der Waals surface area contributed by atoms with Gasteiger partial charge in [0.25, 0.3) is 5.91 Å². The highest BCUT2D eigenvalue weighted by Crippen LogP contribution is 2.46. The van der Waals surface area contributed by atoms with Crippen LogP contribution in [0.5, 0.6) is 5.75 Å². The number of halogens is 2. The van der Waals surface area contributed by atoms with Crippen LogP contribution in [0.2, 0.25) is 0 Å². The van der Waals surface area contributed by atoms with E-state index in [1.54, 1.807) is 35.5 Å². The Morgan fingerprint density at radius 3 is 2.67 bits per heavy atom. The number of rotatable bonds is 11. The molecule has 1 saturated heterocycles. The molecule has 3 aliphatic rings. The van der Waals surface area contributed by atoms with Crippen LogP contribution in [0, 0.1) is 0 Å². The Morgan fingerprint density at radius 2 is 2.03 bits per heavy atom. The summed E-state index contributed by atoms with van der Waals surface area (Å²) in [5.41, 5.74) is 0.930. The third-order valence-electron chi connectivity index (χ3n) is 5.64. The van der Waals surface area contributed by atoms with Crippen LogP contribution in [0.25, 0.3) is 0 Å². The molecule has 1 aromatic carbocycles. The van der Waals surface area contributed by atoms with Crippen molar-refractivity contribution in [3.8, 4) is 5.75 Å². The van der Waals surface area contributed by atoms with Gasteiger partial charge in [-0.1, -0.05) is 12.1 Å². The van der Waals surface area contributed by atoms with E-state index >= 15 is 0 Å². The van der Waals surface area contributed by atoms with Crippen molar-refractivity contribution in [3.63, 3.8) is 0 Å². The van der Waals surface area contributed by atoms with E-state index in [1.807, 2.05) is 0 Å². The van der Waals surface area contributed by atoms with Crippen LogP contribution in [-0.2, 0) is 35.4 Å². The predicted octanol–water partition coefficient (Wildman–Crippen LogP) is 0.900. The van der Waals surface area contributed by atoms with E-state index in [-0.39, 0.29) is 18.2 Å². The molecule has 0 aromatic heterocycles. The zero-order valence-corrected chi connectivity index (χ0v) is 22.8. The minimum Gasteiger partial charge on any atom is -0.497 e. The highest BCUT2D eigenvalue weighted by atomic mass is 35.5. The predicted molar refractivity (Wildman–Crippen MR) is 140 cm³/mol. The molecule has 1 fully saturated rings. The van der Waals surface area contributed by atoms with Crippen LogP contribution in [0.1, 0.15) is 5.56 Å². The molecule has 39 heavy (non-hydrogen) atoms. The smallest absolute Gasteiger partial charge is 0.355 e. The standard InChI is InChI=1S/C22H22ClFN6O7S2/c1-35-12-5-3-11(4-6-12)9-37-22(34)16-13(7-23)20(29-8-14(25-10-31)39-28-29)38-21-15(19(33)30(16)21)26-18(32)17(24)27-36-2/h3-6,8,10,15,20-21,28H,7,9H2,1-2H3,(H,25,31)(H,26,32)/t15-,20?,21+/m1/s1. The van der Waals surface area contributed by atoms with Crippen molar-refractivity contribution in [2.24, 2.45) is 5.16 Å². The normalized spacial score (nSPS) is 22.5. The zero-order valence-electron chi connectivity index (χ0n) is 20.4. The van der Waals surface area contributed by atoms with Gasteiger partial charge in [-0.05, 0) is 34.8 Å². The molecule has 3 heterocycles. The van der Waals surface area contributed by atoms with Gasteiger partial charge in [0.15, 0.2) is 0 Å². The molecule has 3 N–H and O–H groups in total. The summed E-state index contributed by atoms with van der Waals surface area (Å²) in [6.45, 7) is -0.101. The van der Waals surface area contributed by atoms with Gasteiger partial charge in [-0.3, -0.25) is 24.3 Å². The van der Waals surface area contributed by atoms with E-state index in [4.69, 9.17) is 21.1 Å². The first-order chi connectivity index (χ1) is 18.8. The molecule has 3 atom stereocenters. The van der Waals surface area contributed by atoms with E-state index in [0.717, 1.165) is 19.1 Å². The fourth-order valence-corrected chi connectivity index (χ4v) is 6.44. The first-order valence-corrected chi connectivity index (χ1v) is 13.4. The summed E-state index contributed by atoms with van der Waals surface area (Å²) >= 11 is 8.56. The molecule has 1 unspecified atom stereocenters. The third-order valence-corrected chi connectivity index (χ3v) is 8.20. The van der Waals surface area contributed by atoms with Crippen molar-refractivity contribution in [3.05, 3.63) is 52.3 Å². The number of hydrogen-bond donors (Lipinski definition) is 3. The zero-order chi connectivity index (χ0) is 28.1. The lowest BCUT2D eigenvalue weighted by atomic mass is 10.0. The highest BCUT2D eigenvalue weighted by molar-refractivity contribution is 8.02. The van der Waals surface area contributed by atoms with Crippen molar-refractivity contribution in [1.29, 1.82) is 0 Å². The van der Waals surface area contributed by atoms with Crippen LogP contribution >= 0.6 is 35.3 Å². The van der Waals surface area contributed by atoms with Gasteiger partial charge in [-0.15, -0.1) is 23.4 Å². The van der Waals surface area contributed by atoms with Crippen molar-refractivity contribution >= 4 is 65.5 Å². The second-order valence-electron chi connectivity index (χ2n) is 7.89. The fraction of sp³-hybridized carbons (Fsp3) is 0.318. The minimum atomic E-state index is -1.47. The number of amides is 3. The summed E-state index contributed by atoms with van der Waals surface area (Å²) < 4.78 is 24.5. The molecule has 0 saturated carbocycles. The third kappa shape index (κ3) is 5.93. The molecule has 3 aliphatic heterocycles. The fourth-order valence-electron chi connectivity index (χ4n) is 3.83. The van der Waals surface area contributed by atoms with E-state index in [2.05, 4.69) is 25.5 Å². The number of nitrogens with one attached hydrogen (secondary N) is 3. The number of fused-ring (bicyclic) bond motifs is 1. The van der Waals surface area contributed by atoms with Crippen LogP contribution < -0.4 is 20.2 Å². The average Bonchev–Trinajstić information content (AvgIpc) is 3.42. The number of β-lactam (4-membered cyclic amide) rings is 1. The maximum absolute atomic E-state index is 13.8. The molecular formula is C22H22ClFN6O7S2. The summed E-state index contributed by atoms with van der Waals surface area (Å²) in [5.74, 6) is -3.72. The maximum atomic E-state index is 13.8. The van der Waals surface area contributed by atoms with Gasteiger partial charge >= 0.3 is 17.8 Å². The quantitative estimate of drug-likeness (QED) is 0.0632. The van der Waals surface area contributed by atoms with Crippen LogP contribution in [0.3, 0.4) is 0 Å². The Kier molecular flexibility index (Phi) is 9.21. The number of hydrogen-bond acceptors (Lipinski definition) is 12. The van der Waals surface area contributed by atoms with Gasteiger partial charge in [0, 0.05) is 11.5 Å². The number of carbonyl (C=O) groups is 4. The highest BCUT2D eigenvalue weighted by Gasteiger charge is 2.57. The number of hydrazine groups is 1. The lowest BCUT2D eigenvalue weighted by Gasteiger charge is -2.52. The Balaban J connectivity index is 1.62. The van der Waals surface area contributed by atoms with Crippen molar-refractivity contribution < 1.29 is 37.9 Å². The van der Waals surface area contributed by atoms with E-state index in [1.165, 1.54) is 23.8 Å². The molecule has 0 spiro atoms. The number of alkyl halides is 1. The molecule has 1 aromatic rings. The molecule has 4 rings (SSSR count). The van der Waals surface area contributed by atoms with Gasteiger partial charge in [-0.2, -0.15) is 9.22 Å². The molecule has 13 nitrogen and oxygen atoms in total. The summed E-state index contributed by atoms with van der Waals surface area (Å²) in [5, 5.41) is 8.30. The van der Waals surface area contributed by atoms with E-state index in [0.29, 0.717) is 28.3 Å². The molecule has 0 radical (unpaired) electrons. The number of methoxy groups -OCH3 is 1. The second-order valence-corrected chi connectivity index (χ2v) is 10.2. The molecule has 0 bridgehead atoms. The lowest BCUT2D eigenvalue weighted by molar-refractivity contribution is -0.153.